The molecule has 0 atom stereocenters. The summed E-state index contributed by atoms with van der Waals surface area (Å²) in [6.07, 6.45) is 3.47. The molecule has 0 aliphatic carbocycles. The fraction of sp³-hybridized carbons (Fsp3) is 0.0952. The fourth-order valence-corrected chi connectivity index (χ4v) is 3.80. The van der Waals surface area contributed by atoms with Gasteiger partial charge in [-0.15, -0.1) is 6.58 Å². The molecule has 0 radical (unpaired) electrons. The molecule has 1 saturated heterocycles. The normalized spacial score (nSPS) is 15.1. The highest BCUT2D eigenvalue weighted by Gasteiger charge is 2.30. The maximum Gasteiger partial charge on any atom is 0.266 e. The summed E-state index contributed by atoms with van der Waals surface area (Å²) in [6.45, 7) is 4.42. The molecule has 0 saturated carbocycles. The second-order valence-electron chi connectivity index (χ2n) is 5.75. The van der Waals surface area contributed by atoms with Crippen molar-refractivity contribution >= 4 is 40.3 Å². The molecule has 1 heterocycles. The van der Waals surface area contributed by atoms with Crippen LogP contribution in [-0.4, -0.2) is 21.7 Å². The first-order valence-electron chi connectivity index (χ1n) is 8.19. The minimum absolute atomic E-state index is 0.107. The number of hydrogen-bond acceptors (Lipinski definition) is 5. The second-order valence-corrected chi connectivity index (χ2v) is 7.43. The first kappa shape index (κ1) is 18.9. The molecule has 0 unspecified atom stereocenters. The van der Waals surface area contributed by atoms with Gasteiger partial charge in [-0.25, -0.2) is 0 Å². The van der Waals surface area contributed by atoms with Crippen LogP contribution in [0.15, 0.2) is 66.1 Å². The van der Waals surface area contributed by atoms with E-state index in [4.69, 9.17) is 22.2 Å². The van der Waals surface area contributed by atoms with Gasteiger partial charge in [0, 0.05) is 6.54 Å². The first-order chi connectivity index (χ1) is 13.1. The Bertz CT molecular complexity index is 976. The van der Waals surface area contributed by atoms with Crippen LogP contribution in [0.1, 0.15) is 16.7 Å². The molecule has 0 bridgehead atoms. The van der Waals surface area contributed by atoms with Gasteiger partial charge in [-0.1, -0.05) is 54.3 Å². The zero-order valence-corrected chi connectivity index (χ0v) is 16.1. The van der Waals surface area contributed by atoms with Crippen molar-refractivity contribution in [2.45, 2.75) is 6.61 Å². The summed E-state index contributed by atoms with van der Waals surface area (Å²) in [4.78, 5) is 14.5. The molecule has 134 valence electrons. The maximum absolute atomic E-state index is 12.4. The Balaban J connectivity index is 1.72. The molecule has 27 heavy (non-hydrogen) atoms. The fourth-order valence-electron chi connectivity index (χ4n) is 2.53. The number of thiocarbonyl (C=S) groups is 1. The highest BCUT2D eigenvalue weighted by atomic mass is 32.2. The number of carbonyl (C=O) groups is 1. The smallest absolute Gasteiger partial charge is 0.266 e. The third-order valence-electron chi connectivity index (χ3n) is 3.80. The molecule has 1 amide bonds. The van der Waals surface area contributed by atoms with E-state index in [2.05, 4.69) is 12.6 Å². The highest BCUT2D eigenvalue weighted by Crippen LogP contribution is 2.32. The summed E-state index contributed by atoms with van der Waals surface area (Å²) in [6, 6.07) is 16.9. The number of nitrogens with zero attached hydrogens (tertiary/aromatic N) is 2. The van der Waals surface area contributed by atoms with Gasteiger partial charge in [-0.2, -0.15) is 5.26 Å². The highest BCUT2D eigenvalue weighted by molar-refractivity contribution is 8.26. The summed E-state index contributed by atoms with van der Waals surface area (Å²) in [5, 5.41) is 8.97. The number of carbonyl (C=O) groups excluding carboxylic acids is 1. The minimum atomic E-state index is -0.107. The Morgan fingerprint density at radius 3 is 2.85 bits per heavy atom. The van der Waals surface area contributed by atoms with Crippen molar-refractivity contribution in [3.63, 3.8) is 0 Å². The molecule has 0 spiro atoms. The maximum atomic E-state index is 12.4. The lowest BCUT2D eigenvalue weighted by molar-refractivity contribution is -0.121. The predicted octanol–water partition coefficient (Wildman–Crippen LogP) is 4.52. The van der Waals surface area contributed by atoms with Crippen molar-refractivity contribution in [1.29, 1.82) is 5.26 Å². The molecule has 1 aliphatic heterocycles. The lowest BCUT2D eigenvalue weighted by Gasteiger charge is -2.10. The molecule has 1 fully saturated rings. The van der Waals surface area contributed by atoms with Crippen LogP contribution in [0.4, 0.5) is 0 Å². The van der Waals surface area contributed by atoms with Gasteiger partial charge >= 0.3 is 0 Å². The van der Waals surface area contributed by atoms with Crippen molar-refractivity contribution < 1.29 is 9.53 Å². The molecule has 0 aromatic heterocycles. The first-order valence-corrected chi connectivity index (χ1v) is 9.41. The van der Waals surface area contributed by atoms with Crippen molar-refractivity contribution in [1.82, 2.24) is 4.90 Å². The third-order valence-corrected chi connectivity index (χ3v) is 5.18. The van der Waals surface area contributed by atoms with Gasteiger partial charge in [-0.3, -0.25) is 9.69 Å². The van der Waals surface area contributed by atoms with Crippen LogP contribution in [0.2, 0.25) is 0 Å². The number of ether oxygens (including phenoxy) is 1. The molecule has 0 N–H and O–H groups in total. The SMILES string of the molecule is C=CCN1C(=O)C(=Cc2cccc(OCc3cccc(C#N)c3)c2)SC1=S. The summed E-state index contributed by atoms with van der Waals surface area (Å²) >= 11 is 6.54. The zero-order chi connectivity index (χ0) is 19.2. The molecular weight excluding hydrogens is 376 g/mol. The molecule has 4 nitrogen and oxygen atoms in total. The molecule has 2 aromatic carbocycles. The summed E-state index contributed by atoms with van der Waals surface area (Å²) in [7, 11) is 0. The van der Waals surface area contributed by atoms with Crippen LogP contribution in [0.25, 0.3) is 6.08 Å². The predicted molar refractivity (Wildman–Crippen MR) is 112 cm³/mol. The van der Waals surface area contributed by atoms with Crippen LogP contribution in [-0.2, 0) is 11.4 Å². The van der Waals surface area contributed by atoms with Gasteiger partial charge in [0.25, 0.3) is 5.91 Å². The van der Waals surface area contributed by atoms with Crippen molar-refractivity contribution in [2.24, 2.45) is 0 Å². The van der Waals surface area contributed by atoms with E-state index in [1.165, 1.54) is 16.7 Å². The van der Waals surface area contributed by atoms with E-state index in [0.29, 0.717) is 33.7 Å². The van der Waals surface area contributed by atoms with Gasteiger partial charge in [0.1, 0.15) is 16.7 Å². The number of hydrogen-bond donors (Lipinski definition) is 0. The third kappa shape index (κ3) is 4.64. The second kappa shape index (κ2) is 8.67. The van der Waals surface area contributed by atoms with Gasteiger partial charge in [0.15, 0.2) is 0 Å². The van der Waals surface area contributed by atoms with Gasteiger partial charge in [-0.05, 0) is 41.5 Å². The van der Waals surface area contributed by atoms with Crippen molar-refractivity contribution in [2.75, 3.05) is 6.54 Å². The van der Waals surface area contributed by atoms with Crippen LogP contribution in [0, 0.1) is 11.3 Å². The minimum Gasteiger partial charge on any atom is -0.489 e. The Morgan fingerprint density at radius 1 is 1.26 bits per heavy atom. The van der Waals surface area contributed by atoms with E-state index in [1.807, 2.05) is 42.5 Å². The topological polar surface area (TPSA) is 53.3 Å². The average molecular weight is 393 g/mol. The summed E-state index contributed by atoms with van der Waals surface area (Å²) < 4.78 is 6.36. The van der Waals surface area contributed by atoms with E-state index in [1.54, 1.807) is 18.2 Å². The van der Waals surface area contributed by atoms with Crippen LogP contribution in [0.3, 0.4) is 0 Å². The van der Waals surface area contributed by atoms with Crippen molar-refractivity contribution in [3.05, 3.63) is 82.8 Å². The lowest BCUT2D eigenvalue weighted by atomic mass is 10.1. The van der Waals surface area contributed by atoms with E-state index < -0.39 is 0 Å². The average Bonchev–Trinajstić information content (AvgIpc) is 2.94. The standard InChI is InChI=1S/C21H16N2O2S2/c1-2-9-23-20(24)19(27-21(23)26)12-15-5-4-8-18(11-15)25-14-17-7-3-6-16(10-17)13-22/h2-8,10-12H,1,9,14H2. The Morgan fingerprint density at radius 2 is 2.07 bits per heavy atom. The zero-order valence-electron chi connectivity index (χ0n) is 14.4. The molecule has 1 aliphatic rings. The van der Waals surface area contributed by atoms with Gasteiger partial charge in [0.2, 0.25) is 0 Å². The summed E-state index contributed by atoms with van der Waals surface area (Å²) in [5.74, 6) is 0.581. The van der Waals surface area contributed by atoms with E-state index >= 15 is 0 Å². The van der Waals surface area contributed by atoms with Crippen LogP contribution in [0.5, 0.6) is 5.75 Å². The largest absolute Gasteiger partial charge is 0.489 e. The van der Waals surface area contributed by atoms with E-state index in [0.717, 1.165) is 11.1 Å². The Hall–Kier alpha value is -2.88. The lowest BCUT2D eigenvalue weighted by Crippen LogP contribution is -2.27. The molecule has 2 aromatic rings. The van der Waals surface area contributed by atoms with E-state index in [9.17, 15) is 4.79 Å². The quantitative estimate of drug-likeness (QED) is 0.411. The van der Waals surface area contributed by atoms with Gasteiger partial charge < -0.3 is 4.74 Å². The number of rotatable bonds is 6. The van der Waals surface area contributed by atoms with Crippen LogP contribution >= 0.6 is 24.0 Å². The van der Waals surface area contributed by atoms with Gasteiger partial charge in [0.05, 0.1) is 16.5 Å². The number of benzene rings is 2. The molecule has 3 rings (SSSR count). The number of nitriles is 1. The van der Waals surface area contributed by atoms with Crippen LogP contribution < -0.4 is 4.74 Å². The number of thioether (sulfide) groups is 1. The number of amides is 1. The molecular formula is C21H16N2O2S2. The summed E-state index contributed by atoms with van der Waals surface area (Å²) in [5.41, 5.74) is 2.38. The Kier molecular flexibility index (Phi) is 6.07. The monoisotopic (exact) mass is 392 g/mol. The molecule has 6 heteroatoms. The van der Waals surface area contributed by atoms with Crippen molar-refractivity contribution in [3.8, 4) is 11.8 Å². The van der Waals surface area contributed by atoms with E-state index in [-0.39, 0.29) is 5.91 Å². The Labute approximate surface area is 167 Å².